The molecule has 3 N–H and O–H groups in total. The molecule has 0 aliphatic heterocycles. The van der Waals surface area contributed by atoms with Gasteiger partial charge >= 0.3 is 0 Å². The largest absolute Gasteiger partial charge is 0.392 e. The van der Waals surface area contributed by atoms with Crippen LogP contribution in [-0.2, 0) is 0 Å². The number of aliphatic hydroxyl groups excluding tert-OH is 1. The first-order valence-electron chi connectivity index (χ1n) is 3.87. The summed E-state index contributed by atoms with van der Waals surface area (Å²) in [7, 11) is 0. The van der Waals surface area contributed by atoms with Gasteiger partial charge in [-0.3, -0.25) is 0 Å². The number of thioether (sulfide) groups is 1. The summed E-state index contributed by atoms with van der Waals surface area (Å²) in [6.07, 6.45) is 4.36. The molecule has 0 aromatic carbocycles. The Morgan fingerprint density at radius 3 is 2.58 bits per heavy atom. The van der Waals surface area contributed by atoms with Crippen molar-refractivity contribution in [3.8, 4) is 0 Å². The van der Waals surface area contributed by atoms with E-state index in [1.54, 1.807) is 17.8 Å². The van der Waals surface area contributed by atoms with Gasteiger partial charge in [0.25, 0.3) is 0 Å². The molecule has 0 fully saturated rings. The van der Waals surface area contributed by atoms with Crippen LogP contribution >= 0.6 is 24.4 Å². The Bertz CT molecular complexity index is 142. The minimum absolute atomic E-state index is 0.0558. The Hall–Kier alpha value is 0.360. The molecule has 0 amide bonds. The normalized spacial score (nSPS) is 15.4. The van der Waals surface area contributed by atoms with Crippen LogP contribution in [0.1, 0.15) is 20.3 Å². The molecule has 0 heterocycles. The van der Waals surface area contributed by atoms with Crippen LogP contribution < -0.4 is 5.73 Å². The number of thiol groups is 1. The van der Waals surface area contributed by atoms with Crippen LogP contribution in [0.25, 0.3) is 0 Å². The second kappa shape index (κ2) is 5.91. The fourth-order valence-electron chi connectivity index (χ4n) is 0.723. The highest BCUT2D eigenvalue weighted by Crippen LogP contribution is 2.31. The van der Waals surface area contributed by atoms with Crippen molar-refractivity contribution in [1.29, 1.82) is 0 Å². The fraction of sp³-hybridized carbons (Fsp3) is 0.750. The maximum atomic E-state index is 8.46. The van der Waals surface area contributed by atoms with E-state index in [9.17, 15) is 0 Å². The van der Waals surface area contributed by atoms with Gasteiger partial charge in [0.1, 0.15) is 0 Å². The molecule has 2 nitrogen and oxygen atoms in total. The van der Waals surface area contributed by atoms with Crippen molar-refractivity contribution >= 4 is 24.4 Å². The second-order valence-electron chi connectivity index (χ2n) is 2.99. The van der Waals surface area contributed by atoms with Gasteiger partial charge in [-0.05, 0) is 20.3 Å². The lowest BCUT2D eigenvalue weighted by atomic mass is 10.4. The van der Waals surface area contributed by atoms with Crippen LogP contribution in [-0.4, -0.2) is 21.2 Å². The van der Waals surface area contributed by atoms with E-state index in [-0.39, 0.29) is 16.1 Å². The average molecular weight is 207 g/mol. The van der Waals surface area contributed by atoms with Crippen LogP contribution in [0.5, 0.6) is 0 Å². The minimum Gasteiger partial charge on any atom is -0.392 e. The maximum absolute atomic E-state index is 8.46. The average Bonchev–Trinajstić information content (AvgIpc) is 1.84. The third-order valence-corrected chi connectivity index (χ3v) is 2.47. The Kier molecular flexibility index (Phi) is 6.09. The first-order chi connectivity index (χ1) is 5.45. The first-order valence-corrected chi connectivity index (χ1v) is 5.20. The van der Waals surface area contributed by atoms with Gasteiger partial charge in [0.15, 0.2) is 0 Å². The summed E-state index contributed by atoms with van der Waals surface area (Å²) >= 11 is 5.96. The maximum Gasteiger partial charge on any atom is 0.0612 e. The van der Waals surface area contributed by atoms with E-state index < -0.39 is 0 Å². The summed E-state index contributed by atoms with van der Waals surface area (Å²) < 4.78 is -0.0908. The number of rotatable bonds is 5. The van der Waals surface area contributed by atoms with Crippen LogP contribution in [0.3, 0.4) is 0 Å². The smallest absolute Gasteiger partial charge is 0.0612 e. The zero-order valence-corrected chi connectivity index (χ0v) is 9.24. The summed E-state index contributed by atoms with van der Waals surface area (Å²) in [6.45, 7) is 4.11. The molecule has 0 rings (SSSR count). The van der Waals surface area contributed by atoms with Crippen LogP contribution in [0.4, 0.5) is 0 Å². The molecule has 0 aliphatic carbocycles. The SMILES string of the molecule is CC(C)(S)SC(N)CC=CCO. The Balaban J connectivity index is 3.60. The van der Waals surface area contributed by atoms with E-state index in [2.05, 4.69) is 12.6 Å². The molecule has 72 valence electrons. The third-order valence-electron chi connectivity index (χ3n) is 1.08. The van der Waals surface area contributed by atoms with Gasteiger partial charge < -0.3 is 10.8 Å². The molecule has 0 saturated carbocycles. The van der Waals surface area contributed by atoms with E-state index in [1.807, 2.05) is 19.9 Å². The van der Waals surface area contributed by atoms with Gasteiger partial charge in [-0.15, -0.1) is 11.8 Å². The standard InChI is InChI=1S/C8H17NOS2/c1-8(2,11)12-7(9)5-3-4-6-10/h3-4,7,10-11H,5-6,9H2,1-2H3. The van der Waals surface area contributed by atoms with Crippen molar-refractivity contribution in [1.82, 2.24) is 0 Å². The molecule has 0 aromatic heterocycles. The van der Waals surface area contributed by atoms with Gasteiger partial charge in [0.2, 0.25) is 0 Å². The highest BCUT2D eigenvalue weighted by atomic mass is 32.2. The third kappa shape index (κ3) is 8.46. The second-order valence-corrected chi connectivity index (χ2v) is 6.28. The quantitative estimate of drug-likeness (QED) is 0.365. The molecular weight excluding hydrogens is 190 g/mol. The van der Waals surface area contributed by atoms with Crippen molar-refractivity contribution in [2.75, 3.05) is 6.61 Å². The molecular formula is C8H17NOS2. The highest BCUT2D eigenvalue weighted by Gasteiger charge is 2.15. The summed E-state index contributed by atoms with van der Waals surface area (Å²) in [5.41, 5.74) is 5.78. The van der Waals surface area contributed by atoms with E-state index in [0.717, 1.165) is 6.42 Å². The Morgan fingerprint density at radius 2 is 2.17 bits per heavy atom. The molecule has 0 aromatic rings. The lowest BCUT2D eigenvalue weighted by molar-refractivity contribution is 0.342. The summed E-state index contributed by atoms with van der Waals surface area (Å²) in [4.78, 5) is 0. The summed E-state index contributed by atoms with van der Waals surface area (Å²) in [5, 5.41) is 8.52. The van der Waals surface area contributed by atoms with Crippen molar-refractivity contribution < 1.29 is 5.11 Å². The van der Waals surface area contributed by atoms with Gasteiger partial charge in [0.05, 0.1) is 16.1 Å². The van der Waals surface area contributed by atoms with Crippen molar-refractivity contribution in [3.63, 3.8) is 0 Å². The van der Waals surface area contributed by atoms with Crippen LogP contribution in [0.15, 0.2) is 12.2 Å². The Labute approximate surface area is 84.0 Å². The monoisotopic (exact) mass is 207 g/mol. The fourth-order valence-corrected chi connectivity index (χ4v) is 2.08. The number of nitrogens with two attached hydrogens (primary N) is 1. The molecule has 4 heteroatoms. The zero-order valence-electron chi connectivity index (χ0n) is 7.53. The minimum atomic E-state index is -0.0908. The molecule has 1 atom stereocenters. The number of hydrogen-bond acceptors (Lipinski definition) is 4. The lowest BCUT2D eigenvalue weighted by Crippen LogP contribution is -2.21. The van der Waals surface area contributed by atoms with E-state index in [4.69, 9.17) is 10.8 Å². The lowest BCUT2D eigenvalue weighted by Gasteiger charge is -2.20. The van der Waals surface area contributed by atoms with Crippen LogP contribution in [0, 0.1) is 0 Å². The number of hydrogen-bond donors (Lipinski definition) is 3. The van der Waals surface area contributed by atoms with Crippen molar-refractivity contribution in [3.05, 3.63) is 12.2 Å². The Morgan fingerprint density at radius 1 is 1.58 bits per heavy atom. The first kappa shape index (κ1) is 12.4. The molecule has 0 aliphatic rings. The van der Waals surface area contributed by atoms with E-state index >= 15 is 0 Å². The highest BCUT2D eigenvalue weighted by molar-refractivity contribution is 8.11. The molecule has 1 unspecified atom stereocenters. The molecule has 0 radical (unpaired) electrons. The zero-order chi connectivity index (χ0) is 9.61. The van der Waals surface area contributed by atoms with Gasteiger partial charge in [-0.25, -0.2) is 0 Å². The molecule has 12 heavy (non-hydrogen) atoms. The molecule has 0 saturated heterocycles. The van der Waals surface area contributed by atoms with E-state index in [0.29, 0.717) is 0 Å². The predicted molar refractivity (Wildman–Crippen MR) is 59.5 cm³/mol. The van der Waals surface area contributed by atoms with Gasteiger partial charge in [-0.1, -0.05) is 12.2 Å². The summed E-state index contributed by atoms with van der Waals surface area (Å²) in [5.74, 6) is 0. The molecule has 0 bridgehead atoms. The molecule has 0 spiro atoms. The van der Waals surface area contributed by atoms with Gasteiger partial charge in [0, 0.05) is 0 Å². The van der Waals surface area contributed by atoms with E-state index in [1.165, 1.54) is 0 Å². The summed E-state index contributed by atoms with van der Waals surface area (Å²) in [6, 6.07) is 0. The predicted octanol–water partition coefficient (Wildman–Crippen LogP) is 1.61. The van der Waals surface area contributed by atoms with Crippen molar-refractivity contribution in [2.45, 2.75) is 29.7 Å². The topological polar surface area (TPSA) is 46.2 Å². The van der Waals surface area contributed by atoms with Gasteiger partial charge in [-0.2, -0.15) is 12.6 Å². The number of aliphatic hydroxyl groups is 1. The van der Waals surface area contributed by atoms with Crippen molar-refractivity contribution in [2.24, 2.45) is 5.73 Å². The van der Waals surface area contributed by atoms with Crippen LogP contribution in [0.2, 0.25) is 0 Å².